The minimum atomic E-state index is -0.379. The van der Waals surface area contributed by atoms with Crippen LogP contribution in [0.15, 0.2) is 67.0 Å². The Morgan fingerprint density at radius 1 is 1.09 bits per heavy atom. The van der Waals surface area contributed by atoms with Crippen molar-refractivity contribution in [2.24, 2.45) is 5.92 Å². The fraction of sp³-hybridized carbons (Fsp3) is 0.269. The third kappa shape index (κ3) is 4.98. The minimum Gasteiger partial charge on any atom is -0.497 e. The summed E-state index contributed by atoms with van der Waals surface area (Å²) in [5.41, 5.74) is 3.58. The smallest absolute Gasteiger partial charge is 0.257 e. The van der Waals surface area contributed by atoms with Gasteiger partial charge in [0.05, 0.1) is 25.7 Å². The first-order chi connectivity index (χ1) is 16.1. The van der Waals surface area contributed by atoms with Gasteiger partial charge in [0, 0.05) is 32.0 Å². The Morgan fingerprint density at radius 3 is 2.64 bits per heavy atom. The number of amides is 2. The first kappa shape index (κ1) is 22.3. The second kappa shape index (κ2) is 10.2. The van der Waals surface area contributed by atoms with Gasteiger partial charge in [-0.05, 0) is 53.4 Å². The molecule has 0 saturated carbocycles. The van der Waals surface area contributed by atoms with Crippen molar-refractivity contribution in [1.82, 2.24) is 15.2 Å². The SMILES string of the molecule is COc1ccc(OC)c(C(=O)N2CCNC(=O)[C@H](Cc3ccccc3-c3ccncc3)C2)c1. The highest BCUT2D eigenvalue weighted by Crippen LogP contribution is 2.28. The second-order valence-corrected chi connectivity index (χ2v) is 7.90. The molecule has 0 aliphatic carbocycles. The highest BCUT2D eigenvalue weighted by Gasteiger charge is 2.30. The number of benzene rings is 2. The zero-order valence-corrected chi connectivity index (χ0v) is 18.8. The van der Waals surface area contributed by atoms with Gasteiger partial charge in [-0.25, -0.2) is 0 Å². The summed E-state index contributed by atoms with van der Waals surface area (Å²) in [6, 6.07) is 17.1. The van der Waals surface area contributed by atoms with Gasteiger partial charge in [-0.1, -0.05) is 24.3 Å². The summed E-state index contributed by atoms with van der Waals surface area (Å²) in [5.74, 6) is 0.438. The Bertz CT molecular complexity index is 1130. The molecule has 2 aromatic carbocycles. The molecule has 1 saturated heterocycles. The molecule has 2 amide bonds. The molecule has 0 spiro atoms. The molecule has 1 N–H and O–H groups in total. The largest absolute Gasteiger partial charge is 0.497 e. The first-order valence-corrected chi connectivity index (χ1v) is 10.9. The van der Waals surface area contributed by atoms with Crippen LogP contribution in [-0.4, -0.2) is 55.6 Å². The maximum Gasteiger partial charge on any atom is 0.257 e. The standard InChI is InChI=1S/C26H27N3O4/c1-32-21-7-8-24(33-2)23(16-21)26(31)29-14-13-28-25(30)20(17-29)15-19-5-3-4-6-22(19)18-9-11-27-12-10-18/h3-12,16,20H,13-15,17H2,1-2H3,(H,28,30)/t20-/m1/s1. The molecule has 2 heterocycles. The van der Waals surface area contributed by atoms with Crippen molar-refractivity contribution in [3.05, 3.63) is 78.1 Å². The maximum atomic E-state index is 13.4. The van der Waals surface area contributed by atoms with Gasteiger partial charge >= 0.3 is 0 Å². The highest BCUT2D eigenvalue weighted by atomic mass is 16.5. The van der Waals surface area contributed by atoms with Crippen molar-refractivity contribution in [2.45, 2.75) is 6.42 Å². The van der Waals surface area contributed by atoms with E-state index >= 15 is 0 Å². The topological polar surface area (TPSA) is 80.8 Å². The summed E-state index contributed by atoms with van der Waals surface area (Å²) < 4.78 is 10.7. The predicted octanol–water partition coefficient (Wildman–Crippen LogP) is 3.20. The van der Waals surface area contributed by atoms with Gasteiger partial charge < -0.3 is 19.7 Å². The monoisotopic (exact) mass is 445 g/mol. The van der Waals surface area contributed by atoms with Crippen LogP contribution >= 0.6 is 0 Å². The summed E-state index contributed by atoms with van der Waals surface area (Å²) in [6.45, 7) is 1.14. The van der Waals surface area contributed by atoms with Crippen LogP contribution in [0.3, 0.4) is 0 Å². The fourth-order valence-corrected chi connectivity index (χ4v) is 4.17. The number of nitrogens with one attached hydrogen (secondary N) is 1. The predicted molar refractivity (Wildman–Crippen MR) is 125 cm³/mol. The van der Waals surface area contributed by atoms with Gasteiger partial charge in [-0.2, -0.15) is 0 Å². The van der Waals surface area contributed by atoms with E-state index in [2.05, 4.69) is 10.3 Å². The molecule has 0 unspecified atom stereocenters. The van der Waals surface area contributed by atoms with Crippen LogP contribution in [0.1, 0.15) is 15.9 Å². The average Bonchev–Trinajstić information content (AvgIpc) is 3.05. The quantitative estimate of drug-likeness (QED) is 0.630. The Balaban J connectivity index is 1.60. The molecule has 1 aliphatic rings. The molecule has 7 heteroatoms. The zero-order valence-electron chi connectivity index (χ0n) is 18.8. The molecule has 0 bridgehead atoms. The van der Waals surface area contributed by atoms with Crippen LogP contribution in [-0.2, 0) is 11.2 Å². The van der Waals surface area contributed by atoms with Crippen molar-refractivity contribution >= 4 is 11.8 Å². The van der Waals surface area contributed by atoms with E-state index in [-0.39, 0.29) is 17.7 Å². The summed E-state index contributed by atoms with van der Waals surface area (Å²) in [7, 11) is 3.09. The number of pyridine rings is 1. The van der Waals surface area contributed by atoms with Crippen LogP contribution in [0.5, 0.6) is 11.5 Å². The van der Waals surface area contributed by atoms with Gasteiger partial charge in [0.2, 0.25) is 5.91 Å². The molecule has 1 aliphatic heterocycles. The van der Waals surface area contributed by atoms with Gasteiger partial charge in [0.1, 0.15) is 11.5 Å². The van der Waals surface area contributed by atoms with E-state index in [0.717, 1.165) is 16.7 Å². The summed E-state index contributed by atoms with van der Waals surface area (Å²) in [6.07, 6.45) is 4.03. The molecule has 170 valence electrons. The van der Waals surface area contributed by atoms with E-state index in [1.807, 2.05) is 36.4 Å². The highest BCUT2D eigenvalue weighted by molar-refractivity contribution is 5.98. The zero-order chi connectivity index (χ0) is 23.2. The summed E-state index contributed by atoms with van der Waals surface area (Å²) in [4.78, 5) is 32.1. The molecule has 0 radical (unpaired) electrons. The van der Waals surface area contributed by atoms with Crippen LogP contribution < -0.4 is 14.8 Å². The third-order valence-electron chi connectivity index (χ3n) is 5.89. The van der Waals surface area contributed by atoms with E-state index in [4.69, 9.17) is 9.47 Å². The molecular formula is C26H27N3O4. The Kier molecular flexibility index (Phi) is 6.88. The summed E-state index contributed by atoms with van der Waals surface area (Å²) in [5, 5.41) is 2.96. The number of hydrogen-bond donors (Lipinski definition) is 1. The lowest BCUT2D eigenvalue weighted by Gasteiger charge is -2.25. The Hall–Kier alpha value is -3.87. The lowest BCUT2D eigenvalue weighted by molar-refractivity contribution is -0.124. The number of ether oxygens (including phenoxy) is 2. The van der Waals surface area contributed by atoms with Crippen LogP contribution in [0.25, 0.3) is 11.1 Å². The van der Waals surface area contributed by atoms with E-state index in [1.54, 1.807) is 42.6 Å². The number of methoxy groups -OCH3 is 2. The Labute approximate surface area is 193 Å². The average molecular weight is 446 g/mol. The van der Waals surface area contributed by atoms with E-state index < -0.39 is 0 Å². The van der Waals surface area contributed by atoms with Crippen molar-refractivity contribution < 1.29 is 19.1 Å². The first-order valence-electron chi connectivity index (χ1n) is 10.9. The minimum absolute atomic E-state index is 0.0487. The van der Waals surface area contributed by atoms with Crippen LogP contribution in [0, 0.1) is 5.92 Å². The lowest BCUT2D eigenvalue weighted by Crippen LogP contribution is -2.37. The number of aromatic nitrogens is 1. The summed E-state index contributed by atoms with van der Waals surface area (Å²) >= 11 is 0. The van der Waals surface area contributed by atoms with Crippen molar-refractivity contribution in [2.75, 3.05) is 33.9 Å². The van der Waals surface area contributed by atoms with Gasteiger partial charge in [0.25, 0.3) is 5.91 Å². The van der Waals surface area contributed by atoms with Crippen molar-refractivity contribution in [3.8, 4) is 22.6 Å². The van der Waals surface area contributed by atoms with Crippen LogP contribution in [0.2, 0.25) is 0 Å². The molecular weight excluding hydrogens is 418 g/mol. The molecule has 1 atom stereocenters. The number of carbonyl (C=O) groups is 2. The molecule has 33 heavy (non-hydrogen) atoms. The maximum absolute atomic E-state index is 13.4. The third-order valence-corrected chi connectivity index (χ3v) is 5.89. The van der Waals surface area contributed by atoms with E-state index in [0.29, 0.717) is 43.1 Å². The van der Waals surface area contributed by atoms with E-state index in [1.165, 1.54) is 7.11 Å². The second-order valence-electron chi connectivity index (χ2n) is 7.90. The molecule has 1 aromatic heterocycles. The number of rotatable bonds is 6. The fourth-order valence-electron chi connectivity index (χ4n) is 4.17. The van der Waals surface area contributed by atoms with Crippen molar-refractivity contribution in [3.63, 3.8) is 0 Å². The van der Waals surface area contributed by atoms with E-state index in [9.17, 15) is 9.59 Å². The lowest BCUT2D eigenvalue weighted by atomic mass is 9.91. The van der Waals surface area contributed by atoms with Gasteiger partial charge in [-0.15, -0.1) is 0 Å². The molecule has 1 fully saturated rings. The molecule has 7 nitrogen and oxygen atoms in total. The van der Waals surface area contributed by atoms with Gasteiger partial charge in [0.15, 0.2) is 0 Å². The number of carbonyl (C=O) groups excluding carboxylic acids is 2. The van der Waals surface area contributed by atoms with Crippen LogP contribution in [0.4, 0.5) is 0 Å². The van der Waals surface area contributed by atoms with Crippen molar-refractivity contribution in [1.29, 1.82) is 0 Å². The normalized spacial score (nSPS) is 16.0. The Morgan fingerprint density at radius 2 is 1.88 bits per heavy atom. The number of hydrogen-bond acceptors (Lipinski definition) is 5. The van der Waals surface area contributed by atoms with Gasteiger partial charge in [-0.3, -0.25) is 14.6 Å². The molecule has 4 rings (SSSR count). The number of nitrogens with zero attached hydrogens (tertiary/aromatic N) is 2. The molecule has 3 aromatic rings.